The number of carbonyl (C=O) groups is 1. The van der Waals surface area contributed by atoms with E-state index >= 15 is 0 Å². The van der Waals surface area contributed by atoms with Crippen molar-refractivity contribution < 1.29 is 18.3 Å². The van der Waals surface area contributed by atoms with Crippen molar-refractivity contribution in [2.24, 2.45) is 0 Å². The predicted octanol–water partition coefficient (Wildman–Crippen LogP) is 0.919. The van der Waals surface area contributed by atoms with Crippen molar-refractivity contribution in [3.8, 4) is 17.0 Å². The van der Waals surface area contributed by atoms with Crippen LogP contribution in [0.25, 0.3) is 11.3 Å². The van der Waals surface area contributed by atoms with Gasteiger partial charge in [0.15, 0.2) is 11.9 Å². The summed E-state index contributed by atoms with van der Waals surface area (Å²) in [7, 11) is 0. The molecule has 2 aromatic heterocycles. The number of benzene rings is 1. The van der Waals surface area contributed by atoms with Gasteiger partial charge in [0.1, 0.15) is 11.4 Å². The van der Waals surface area contributed by atoms with Crippen molar-refractivity contribution in [3.05, 3.63) is 73.3 Å². The van der Waals surface area contributed by atoms with Gasteiger partial charge in [-0.15, -0.1) is 0 Å². The highest BCUT2D eigenvalue weighted by Crippen LogP contribution is 2.33. The first-order valence-corrected chi connectivity index (χ1v) is 9.46. The average Bonchev–Trinajstić information content (AvgIpc) is 3.03. The van der Waals surface area contributed by atoms with E-state index in [1.807, 2.05) is 4.98 Å². The number of ether oxygens (including phenoxy) is 1. The summed E-state index contributed by atoms with van der Waals surface area (Å²) in [5.74, 6) is -3.29. The Morgan fingerprint density at radius 1 is 1.19 bits per heavy atom. The van der Waals surface area contributed by atoms with Crippen LogP contribution in [-0.4, -0.2) is 51.1 Å². The van der Waals surface area contributed by atoms with Crippen LogP contribution in [0.5, 0.6) is 5.75 Å². The molecule has 0 saturated carbocycles. The minimum atomic E-state index is -3.29. The summed E-state index contributed by atoms with van der Waals surface area (Å²) < 4.78 is 34.8. The van der Waals surface area contributed by atoms with E-state index in [2.05, 4.69) is 15.2 Å². The van der Waals surface area contributed by atoms with E-state index in [0.29, 0.717) is 5.56 Å². The number of halogens is 2. The largest absolute Gasteiger partial charge is 0.482 e. The van der Waals surface area contributed by atoms with Gasteiger partial charge in [0.05, 0.1) is 24.3 Å². The number of nitrogens with zero attached hydrogens (tertiary/aromatic N) is 2. The number of H-pyrrole nitrogens is 3. The maximum Gasteiger partial charge on any atom is 0.325 e. The van der Waals surface area contributed by atoms with E-state index in [0.717, 1.165) is 11.1 Å². The maximum absolute atomic E-state index is 14.7. The topological polar surface area (TPSA) is 141 Å². The minimum Gasteiger partial charge on any atom is -0.482 e. The minimum absolute atomic E-state index is 0.00962. The van der Waals surface area contributed by atoms with Crippen LogP contribution >= 0.6 is 0 Å². The normalized spacial score (nSPS) is 17.3. The average molecular weight is 445 g/mol. The third-order valence-corrected chi connectivity index (χ3v) is 5.02. The molecule has 3 aromatic rings. The molecule has 1 atom stereocenters. The summed E-state index contributed by atoms with van der Waals surface area (Å²) in [5.41, 5.74) is -1.96. The Bertz CT molecular complexity index is 1350. The van der Waals surface area contributed by atoms with Gasteiger partial charge in [-0.05, 0) is 37.3 Å². The molecule has 1 aliphatic rings. The quantitative estimate of drug-likeness (QED) is 0.496. The Kier molecular flexibility index (Phi) is 5.20. The monoisotopic (exact) mass is 445 g/mol. The van der Waals surface area contributed by atoms with Gasteiger partial charge >= 0.3 is 11.6 Å². The highest BCUT2D eigenvalue weighted by atomic mass is 19.3. The standard InChI is InChI=1S/C20H17F2N5O5/c1-10(28)11-2-4-12(5-3-11)32-16-8-27(9-20(16,21)22)15-6-14(25-26-18(15)30)13-7-23-19(31)24-17(13)29/h2-7,16H,8-9H2,1H3,(H,26,30)(H2,23,24,29,31). The lowest BCUT2D eigenvalue weighted by atomic mass is 10.1. The van der Waals surface area contributed by atoms with E-state index in [9.17, 15) is 28.0 Å². The van der Waals surface area contributed by atoms with Crippen LogP contribution in [0.1, 0.15) is 17.3 Å². The first-order valence-electron chi connectivity index (χ1n) is 9.46. The molecule has 0 aliphatic carbocycles. The number of hydrogen-bond donors (Lipinski definition) is 3. The van der Waals surface area contributed by atoms with Gasteiger partial charge in [0.25, 0.3) is 11.1 Å². The van der Waals surface area contributed by atoms with E-state index < -0.39 is 35.4 Å². The molecule has 3 heterocycles. The number of nitrogens with one attached hydrogen (secondary N) is 3. The van der Waals surface area contributed by atoms with E-state index in [1.54, 1.807) is 0 Å². The molecule has 1 unspecified atom stereocenters. The SMILES string of the molecule is CC(=O)c1ccc(OC2CN(c3cc(-c4c[nH]c(=O)[nH]c4=O)n[nH]c3=O)CC2(F)F)cc1. The molecule has 10 nitrogen and oxygen atoms in total. The molecule has 0 amide bonds. The molecule has 1 saturated heterocycles. The number of anilines is 1. The van der Waals surface area contributed by atoms with Crippen LogP contribution in [0.4, 0.5) is 14.5 Å². The van der Waals surface area contributed by atoms with Crippen molar-refractivity contribution in [3.63, 3.8) is 0 Å². The fraction of sp³-hybridized carbons (Fsp3) is 0.250. The lowest BCUT2D eigenvalue weighted by Crippen LogP contribution is -2.36. The molecule has 0 radical (unpaired) electrons. The van der Waals surface area contributed by atoms with E-state index in [4.69, 9.17) is 4.74 Å². The zero-order valence-electron chi connectivity index (χ0n) is 16.6. The molecule has 166 valence electrons. The predicted molar refractivity (Wildman–Crippen MR) is 110 cm³/mol. The van der Waals surface area contributed by atoms with Crippen LogP contribution in [0, 0.1) is 0 Å². The van der Waals surface area contributed by atoms with Gasteiger partial charge in [-0.25, -0.2) is 18.7 Å². The van der Waals surface area contributed by atoms with E-state index in [1.165, 1.54) is 37.3 Å². The van der Waals surface area contributed by atoms with E-state index in [-0.39, 0.29) is 35.0 Å². The first-order chi connectivity index (χ1) is 15.1. The van der Waals surface area contributed by atoms with Crippen molar-refractivity contribution in [1.29, 1.82) is 0 Å². The molecular formula is C20H17F2N5O5. The fourth-order valence-corrected chi connectivity index (χ4v) is 3.36. The second kappa shape index (κ2) is 7.87. The zero-order chi connectivity index (χ0) is 23.0. The van der Waals surface area contributed by atoms with Gasteiger partial charge in [-0.2, -0.15) is 5.10 Å². The molecule has 32 heavy (non-hydrogen) atoms. The summed E-state index contributed by atoms with van der Waals surface area (Å²) in [5, 5.41) is 5.95. The van der Waals surface area contributed by atoms with Crippen molar-refractivity contribution >= 4 is 11.5 Å². The number of alkyl halides is 2. The molecule has 0 bridgehead atoms. The van der Waals surface area contributed by atoms with Gasteiger partial charge in [0.2, 0.25) is 0 Å². The molecule has 0 spiro atoms. The molecule has 1 aromatic carbocycles. The molecule has 3 N–H and O–H groups in total. The highest BCUT2D eigenvalue weighted by Gasteiger charge is 2.50. The first kappa shape index (κ1) is 21.2. The van der Waals surface area contributed by atoms with Gasteiger partial charge in [0, 0.05) is 11.8 Å². The molecular weight excluding hydrogens is 428 g/mol. The van der Waals surface area contributed by atoms with Gasteiger partial charge in [-0.1, -0.05) is 0 Å². The van der Waals surface area contributed by atoms with Crippen molar-refractivity contribution in [2.45, 2.75) is 19.0 Å². The third-order valence-electron chi connectivity index (χ3n) is 5.02. The van der Waals surface area contributed by atoms with Crippen LogP contribution in [0.3, 0.4) is 0 Å². The van der Waals surface area contributed by atoms with Gasteiger partial charge in [-0.3, -0.25) is 19.4 Å². The number of aromatic amines is 3. The van der Waals surface area contributed by atoms with Crippen LogP contribution in [0.2, 0.25) is 0 Å². The number of hydrogen-bond acceptors (Lipinski definition) is 7. The molecule has 1 fully saturated rings. The summed E-state index contributed by atoms with van der Waals surface area (Å²) in [6.45, 7) is 0.286. The molecule has 4 rings (SSSR count). The summed E-state index contributed by atoms with van der Waals surface area (Å²) in [6.07, 6.45) is -0.445. The van der Waals surface area contributed by atoms with Crippen LogP contribution in [0.15, 0.2) is 50.9 Å². The van der Waals surface area contributed by atoms with Crippen LogP contribution in [-0.2, 0) is 0 Å². The maximum atomic E-state index is 14.7. The number of rotatable bonds is 5. The lowest BCUT2D eigenvalue weighted by Gasteiger charge is -2.19. The number of ketones is 1. The third kappa shape index (κ3) is 4.06. The Balaban J connectivity index is 1.60. The second-order valence-electron chi connectivity index (χ2n) is 7.28. The van der Waals surface area contributed by atoms with Crippen molar-refractivity contribution in [2.75, 3.05) is 18.0 Å². The summed E-state index contributed by atoms with van der Waals surface area (Å²) in [4.78, 5) is 52.3. The fourth-order valence-electron chi connectivity index (χ4n) is 3.36. The Morgan fingerprint density at radius 3 is 2.56 bits per heavy atom. The second-order valence-corrected chi connectivity index (χ2v) is 7.28. The Hall–Kier alpha value is -4.09. The Morgan fingerprint density at radius 2 is 1.91 bits per heavy atom. The van der Waals surface area contributed by atoms with Gasteiger partial charge < -0.3 is 14.6 Å². The number of carbonyl (C=O) groups excluding carboxylic acids is 1. The summed E-state index contributed by atoms with van der Waals surface area (Å²) in [6, 6.07) is 7.00. The molecule has 12 heteroatoms. The number of aromatic nitrogens is 4. The zero-order valence-corrected chi connectivity index (χ0v) is 16.6. The lowest BCUT2D eigenvalue weighted by molar-refractivity contribution is -0.0594. The van der Waals surface area contributed by atoms with Crippen molar-refractivity contribution in [1.82, 2.24) is 20.2 Å². The van der Waals surface area contributed by atoms with Crippen LogP contribution < -0.4 is 26.4 Å². The highest BCUT2D eigenvalue weighted by molar-refractivity contribution is 5.94. The summed E-state index contributed by atoms with van der Waals surface area (Å²) >= 11 is 0. The Labute approximate surface area is 177 Å². The smallest absolute Gasteiger partial charge is 0.325 e. The molecule has 1 aliphatic heterocycles. The number of Topliss-reactive ketones (excluding diaryl/α,β-unsaturated/α-hetero) is 1.